The minimum atomic E-state index is -0.759. The Morgan fingerprint density at radius 1 is 1.37 bits per heavy atom. The Morgan fingerprint density at radius 3 is 2.47 bits per heavy atom. The number of amides is 1. The van der Waals surface area contributed by atoms with Gasteiger partial charge in [-0.2, -0.15) is 0 Å². The maximum Gasteiger partial charge on any atom is 0.410 e. The van der Waals surface area contributed by atoms with E-state index in [0.717, 1.165) is 19.3 Å². The highest BCUT2D eigenvalue weighted by Gasteiger charge is 2.33. The molecule has 2 atom stereocenters. The van der Waals surface area contributed by atoms with Crippen LogP contribution in [0.1, 0.15) is 53.4 Å². The van der Waals surface area contributed by atoms with Gasteiger partial charge in [-0.15, -0.1) is 0 Å². The van der Waals surface area contributed by atoms with Crippen LogP contribution in [-0.2, 0) is 9.53 Å². The van der Waals surface area contributed by atoms with Gasteiger partial charge in [0.2, 0.25) is 0 Å². The highest BCUT2D eigenvalue weighted by molar-refractivity contribution is 5.69. The van der Waals surface area contributed by atoms with E-state index in [4.69, 9.17) is 9.84 Å². The van der Waals surface area contributed by atoms with Crippen LogP contribution in [-0.4, -0.2) is 40.3 Å². The van der Waals surface area contributed by atoms with E-state index in [-0.39, 0.29) is 24.5 Å². The third-order valence-corrected chi connectivity index (χ3v) is 3.39. The Bertz CT molecular complexity index is 335. The van der Waals surface area contributed by atoms with Crippen LogP contribution in [0.15, 0.2) is 0 Å². The molecule has 110 valence electrons. The molecule has 5 heteroatoms. The summed E-state index contributed by atoms with van der Waals surface area (Å²) in [5.74, 6) is -0.591. The summed E-state index contributed by atoms with van der Waals surface area (Å²) in [6, 6.07) is 0.0907. The van der Waals surface area contributed by atoms with E-state index in [2.05, 4.69) is 0 Å². The zero-order valence-corrected chi connectivity index (χ0v) is 12.3. The van der Waals surface area contributed by atoms with Gasteiger partial charge in [-0.3, -0.25) is 4.79 Å². The van der Waals surface area contributed by atoms with Gasteiger partial charge in [-0.25, -0.2) is 4.79 Å². The quantitative estimate of drug-likeness (QED) is 0.857. The molecule has 1 amide bonds. The number of likely N-dealkylation sites (tertiary alicyclic amines) is 1. The van der Waals surface area contributed by atoms with Crippen molar-refractivity contribution in [1.29, 1.82) is 0 Å². The second-order valence-corrected chi connectivity index (χ2v) is 6.22. The number of piperidine rings is 1. The monoisotopic (exact) mass is 271 g/mol. The van der Waals surface area contributed by atoms with E-state index in [9.17, 15) is 9.59 Å². The van der Waals surface area contributed by atoms with Crippen LogP contribution >= 0.6 is 0 Å². The number of aliphatic carboxylic acids is 1. The smallest absolute Gasteiger partial charge is 0.410 e. The number of carboxylic acid groups (broad SMARTS) is 1. The van der Waals surface area contributed by atoms with E-state index < -0.39 is 11.6 Å². The first kappa shape index (κ1) is 15.8. The molecule has 1 rings (SSSR count). The molecule has 0 saturated carbocycles. The zero-order valence-electron chi connectivity index (χ0n) is 12.3. The van der Waals surface area contributed by atoms with Crippen molar-refractivity contribution in [3.8, 4) is 0 Å². The van der Waals surface area contributed by atoms with Gasteiger partial charge in [0.15, 0.2) is 0 Å². The van der Waals surface area contributed by atoms with Gasteiger partial charge in [0.1, 0.15) is 5.60 Å². The topological polar surface area (TPSA) is 66.8 Å². The molecule has 1 aliphatic heterocycles. The first-order valence-electron chi connectivity index (χ1n) is 6.94. The molecule has 1 aliphatic rings. The van der Waals surface area contributed by atoms with Gasteiger partial charge in [0.25, 0.3) is 0 Å². The lowest BCUT2D eigenvalue weighted by molar-refractivity contribution is -0.138. The minimum absolute atomic E-state index is 0.0907. The van der Waals surface area contributed by atoms with Gasteiger partial charge >= 0.3 is 12.1 Å². The molecule has 1 heterocycles. The van der Waals surface area contributed by atoms with Gasteiger partial charge in [0.05, 0.1) is 0 Å². The number of rotatable bonds is 3. The number of hydrogen-bond acceptors (Lipinski definition) is 3. The summed E-state index contributed by atoms with van der Waals surface area (Å²) >= 11 is 0. The number of carbonyl (C=O) groups is 2. The predicted octanol–water partition coefficient (Wildman–Crippen LogP) is 2.89. The fraction of sp³-hybridized carbons (Fsp3) is 0.857. The molecule has 0 aliphatic carbocycles. The lowest BCUT2D eigenvalue weighted by Crippen LogP contribution is -2.48. The summed E-state index contributed by atoms with van der Waals surface area (Å²) in [6.45, 7) is 8.16. The number of carbonyl (C=O) groups excluding carboxylic acids is 1. The first-order chi connectivity index (χ1) is 8.73. The van der Waals surface area contributed by atoms with Crippen LogP contribution in [0.4, 0.5) is 4.79 Å². The summed E-state index contributed by atoms with van der Waals surface area (Å²) < 4.78 is 5.40. The molecule has 0 aromatic heterocycles. The van der Waals surface area contributed by atoms with E-state index >= 15 is 0 Å². The van der Waals surface area contributed by atoms with Gasteiger partial charge in [0, 0.05) is 19.0 Å². The zero-order chi connectivity index (χ0) is 14.6. The van der Waals surface area contributed by atoms with E-state index in [1.807, 2.05) is 27.7 Å². The molecule has 0 radical (unpaired) electrons. The molecule has 5 nitrogen and oxygen atoms in total. The summed E-state index contributed by atoms with van der Waals surface area (Å²) in [7, 11) is 0. The van der Waals surface area contributed by atoms with Crippen LogP contribution in [0.25, 0.3) is 0 Å². The van der Waals surface area contributed by atoms with E-state index in [1.165, 1.54) is 0 Å². The second kappa shape index (κ2) is 6.26. The van der Waals surface area contributed by atoms with Crippen LogP contribution in [0.2, 0.25) is 0 Å². The second-order valence-electron chi connectivity index (χ2n) is 6.22. The molecule has 2 unspecified atom stereocenters. The summed E-state index contributed by atoms with van der Waals surface area (Å²) in [5.41, 5.74) is -0.493. The molecule has 0 bridgehead atoms. The van der Waals surface area contributed by atoms with Gasteiger partial charge in [-0.1, -0.05) is 6.92 Å². The van der Waals surface area contributed by atoms with Gasteiger partial charge < -0.3 is 14.7 Å². The SMILES string of the molecule is CCC1CC(CC(=O)O)CCN1C(=O)OC(C)(C)C. The van der Waals surface area contributed by atoms with Crippen molar-refractivity contribution in [3.05, 3.63) is 0 Å². The Balaban J connectivity index is 2.61. The van der Waals surface area contributed by atoms with Crippen LogP contribution in [0, 0.1) is 5.92 Å². The molecule has 1 N–H and O–H groups in total. The van der Waals surface area contributed by atoms with Crippen LogP contribution < -0.4 is 0 Å². The lowest BCUT2D eigenvalue weighted by atomic mass is 9.87. The molecule has 19 heavy (non-hydrogen) atoms. The Kier molecular flexibility index (Phi) is 5.20. The minimum Gasteiger partial charge on any atom is -0.481 e. The third kappa shape index (κ3) is 5.09. The number of hydrogen-bond donors (Lipinski definition) is 1. The van der Waals surface area contributed by atoms with Crippen molar-refractivity contribution in [2.24, 2.45) is 5.92 Å². The first-order valence-corrected chi connectivity index (χ1v) is 6.94. The largest absolute Gasteiger partial charge is 0.481 e. The Morgan fingerprint density at radius 2 is 2.00 bits per heavy atom. The fourth-order valence-electron chi connectivity index (χ4n) is 2.51. The van der Waals surface area contributed by atoms with Crippen LogP contribution in [0.5, 0.6) is 0 Å². The Labute approximate surface area is 114 Å². The highest BCUT2D eigenvalue weighted by Crippen LogP contribution is 2.28. The predicted molar refractivity (Wildman–Crippen MR) is 72.0 cm³/mol. The summed E-state index contributed by atoms with van der Waals surface area (Å²) in [4.78, 5) is 24.6. The van der Waals surface area contributed by atoms with Crippen molar-refractivity contribution in [2.75, 3.05) is 6.54 Å². The summed E-state index contributed by atoms with van der Waals surface area (Å²) in [5, 5.41) is 8.85. The molecular formula is C14H25NO4. The number of carboxylic acids is 1. The maximum atomic E-state index is 12.1. The van der Waals surface area contributed by atoms with Gasteiger partial charge in [-0.05, 0) is 46.0 Å². The third-order valence-electron chi connectivity index (χ3n) is 3.39. The standard InChI is InChI=1S/C14H25NO4/c1-5-11-8-10(9-12(16)17)6-7-15(11)13(18)19-14(2,3)4/h10-11H,5-9H2,1-4H3,(H,16,17). The van der Waals surface area contributed by atoms with Crippen LogP contribution in [0.3, 0.4) is 0 Å². The molecule has 0 aromatic rings. The fourth-order valence-corrected chi connectivity index (χ4v) is 2.51. The Hall–Kier alpha value is -1.26. The van der Waals surface area contributed by atoms with Crippen molar-refractivity contribution >= 4 is 12.1 Å². The van der Waals surface area contributed by atoms with Crippen molar-refractivity contribution in [3.63, 3.8) is 0 Å². The summed E-state index contributed by atoms with van der Waals surface area (Å²) in [6.07, 6.45) is 2.23. The van der Waals surface area contributed by atoms with Crippen molar-refractivity contribution < 1.29 is 19.4 Å². The highest BCUT2D eigenvalue weighted by atomic mass is 16.6. The van der Waals surface area contributed by atoms with Crippen molar-refractivity contribution in [1.82, 2.24) is 4.90 Å². The maximum absolute atomic E-state index is 12.1. The molecule has 1 saturated heterocycles. The average Bonchev–Trinajstić information content (AvgIpc) is 2.25. The normalized spacial score (nSPS) is 24.1. The lowest BCUT2D eigenvalue weighted by Gasteiger charge is -2.39. The number of ether oxygens (including phenoxy) is 1. The van der Waals surface area contributed by atoms with E-state index in [0.29, 0.717) is 6.54 Å². The molecule has 0 aromatic carbocycles. The van der Waals surface area contributed by atoms with E-state index in [1.54, 1.807) is 4.90 Å². The molecule has 0 spiro atoms. The van der Waals surface area contributed by atoms with Crippen molar-refractivity contribution in [2.45, 2.75) is 65.0 Å². The average molecular weight is 271 g/mol. The molecule has 1 fully saturated rings. The molecular weight excluding hydrogens is 246 g/mol. The number of nitrogens with zero attached hydrogens (tertiary/aromatic N) is 1.